The molecule has 3 aliphatic rings. The number of anilines is 5. The van der Waals surface area contributed by atoms with E-state index in [4.69, 9.17) is 0 Å². The summed E-state index contributed by atoms with van der Waals surface area (Å²) >= 11 is 0. The Morgan fingerprint density at radius 3 is 2.08 bits per heavy atom. The summed E-state index contributed by atoms with van der Waals surface area (Å²) in [6.07, 6.45) is 9.35. The lowest BCUT2D eigenvalue weighted by molar-refractivity contribution is 0.128. The third-order valence-electron chi connectivity index (χ3n) is 11.3. The van der Waals surface area contributed by atoms with Gasteiger partial charge in [0.1, 0.15) is 0 Å². The van der Waals surface area contributed by atoms with Gasteiger partial charge in [0, 0.05) is 53.5 Å². The number of fused-ring (bicyclic) bond motifs is 3. The van der Waals surface area contributed by atoms with E-state index < -0.39 is 0 Å². The molecule has 0 saturated carbocycles. The topological polar surface area (TPSA) is 33.8 Å². The molecule has 5 nitrogen and oxygen atoms in total. The second kappa shape index (κ2) is 15.9. The molecule has 2 N–H and O–H groups in total. The Balaban J connectivity index is 1.03. The summed E-state index contributed by atoms with van der Waals surface area (Å²) in [5.74, 6) is 0.443. The first-order chi connectivity index (χ1) is 25.3. The lowest BCUT2D eigenvalue weighted by Crippen LogP contribution is -2.45. The van der Waals surface area contributed by atoms with Crippen molar-refractivity contribution in [3.8, 4) is 11.1 Å². The molecule has 0 aromatic heterocycles. The first kappa shape index (κ1) is 33.7. The molecular weight excluding hydrogens is 623 g/mol. The third-order valence-corrected chi connectivity index (χ3v) is 11.3. The van der Waals surface area contributed by atoms with Gasteiger partial charge in [-0.3, -0.25) is 10.2 Å². The summed E-state index contributed by atoms with van der Waals surface area (Å²) in [6.45, 7) is 7.81. The summed E-state index contributed by atoms with van der Waals surface area (Å²) in [7, 11) is 0. The summed E-state index contributed by atoms with van der Waals surface area (Å²) < 4.78 is 0. The normalized spacial score (nSPS) is 20.2. The zero-order valence-corrected chi connectivity index (χ0v) is 30.2. The van der Waals surface area contributed by atoms with Crippen molar-refractivity contribution in [3.63, 3.8) is 0 Å². The van der Waals surface area contributed by atoms with Crippen molar-refractivity contribution >= 4 is 28.4 Å². The van der Waals surface area contributed by atoms with Crippen LogP contribution in [0.15, 0.2) is 127 Å². The highest BCUT2D eigenvalue weighted by molar-refractivity contribution is 5.82. The second-order valence-corrected chi connectivity index (χ2v) is 14.6. The molecule has 0 radical (unpaired) electrons. The maximum atomic E-state index is 3.81. The van der Waals surface area contributed by atoms with E-state index in [9.17, 15) is 0 Å². The quantitative estimate of drug-likeness (QED) is 0.129. The van der Waals surface area contributed by atoms with Crippen LogP contribution < -0.4 is 20.4 Å². The standard InChI is InChI=1S/C46H53N5/c1-2-3-4-5-12-31-49-32-13-29-48-46(49)37-20-18-35(19-21-37)36-22-24-40(25-23-36)51-44-27-26-41(33-42(44)43-34-47-30-28-45(43)51)50(38-14-8-6-9-15-38)39-16-10-7-11-17-39/h6-11,14-27,33,43,45-48H,2-5,12-13,28-32,34H2,1H3. The predicted octanol–water partition coefficient (Wildman–Crippen LogP) is 10.7. The van der Waals surface area contributed by atoms with Gasteiger partial charge >= 0.3 is 0 Å². The maximum Gasteiger partial charge on any atom is 0.0860 e. The van der Waals surface area contributed by atoms with Crippen LogP contribution in [-0.2, 0) is 0 Å². The van der Waals surface area contributed by atoms with Gasteiger partial charge in [-0.25, -0.2) is 0 Å². The number of nitrogens with zero attached hydrogens (tertiary/aromatic N) is 3. The Morgan fingerprint density at radius 1 is 0.686 bits per heavy atom. The Bertz CT molecular complexity index is 1800. The molecule has 8 rings (SSSR count). The molecule has 0 aliphatic carbocycles. The van der Waals surface area contributed by atoms with Gasteiger partial charge in [-0.15, -0.1) is 0 Å². The van der Waals surface area contributed by atoms with Crippen molar-refractivity contribution in [1.82, 2.24) is 15.5 Å². The molecule has 5 aromatic carbocycles. The minimum Gasteiger partial charge on any atom is -0.337 e. The van der Waals surface area contributed by atoms with Gasteiger partial charge in [-0.2, -0.15) is 0 Å². The highest BCUT2D eigenvalue weighted by Crippen LogP contribution is 2.49. The molecule has 2 fully saturated rings. The summed E-state index contributed by atoms with van der Waals surface area (Å²) in [4.78, 5) is 7.66. The van der Waals surface area contributed by atoms with Crippen LogP contribution >= 0.6 is 0 Å². The summed E-state index contributed by atoms with van der Waals surface area (Å²) in [6, 6.07) is 47.7. The van der Waals surface area contributed by atoms with Crippen molar-refractivity contribution in [1.29, 1.82) is 0 Å². The van der Waals surface area contributed by atoms with Gasteiger partial charge in [0.05, 0.1) is 6.17 Å². The van der Waals surface area contributed by atoms with Crippen molar-refractivity contribution in [2.24, 2.45) is 0 Å². The highest BCUT2D eigenvalue weighted by Gasteiger charge is 2.41. The van der Waals surface area contributed by atoms with E-state index >= 15 is 0 Å². The number of rotatable bonds is 12. The molecule has 2 saturated heterocycles. The SMILES string of the molecule is CCCCCCCN1CCCNC1c1ccc(-c2ccc(N3c4ccc(N(c5ccccc5)c5ccccc5)cc4C4CNCCC43)cc2)cc1. The number of hydrogen-bond donors (Lipinski definition) is 2. The predicted molar refractivity (Wildman–Crippen MR) is 215 cm³/mol. The van der Waals surface area contributed by atoms with Crippen LogP contribution in [0.4, 0.5) is 28.4 Å². The molecule has 5 heteroatoms. The molecule has 0 amide bonds. The van der Waals surface area contributed by atoms with E-state index in [0.717, 1.165) is 26.1 Å². The van der Waals surface area contributed by atoms with Gasteiger partial charge in [-0.05, 0) is 116 Å². The Labute approximate surface area is 305 Å². The second-order valence-electron chi connectivity index (χ2n) is 14.6. The average molecular weight is 676 g/mol. The van der Waals surface area contributed by atoms with Gasteiger partial charge in [0.25, 0.3) is 0 Å². The number of para-hydroxylation sites is 2. The molecule has 262 valence electrons. The van der Waals surface area contributed by atoms with E-state index in [1.165, 1.54) is 102 Å². The molecule has 3 aliphatic heterocycles. The van der Waals surface area contributed by atoms with Crippen LogP contribution in [0, 0.1) is 0 Å². The number of unbranched alkanes of at least 4 members (excludes halogenated alkanes) is 4. The lowest BCUT2D eigenvalue weighted by Gasteiger charge is -2.37. The minimum absolute atomic E-state index is 0.322. The van der Waals surface area contributed by atoms with Gasteiger partial charge < -0.3 is 15.1 Å². The summed E-state index contributed by atoms with van der Waals surface area (Å²) in [5.41, 5.74) is 11.5. The largest absolute Gasteiger partial charge is 0.337 e. The smallest absolute Gasteiger partial charge is 0.0860 e. The Hall–Kier alpha value is -4.42. The molecule has 3 atom stereocenters. The fraction of sp³-hybridized carbons (Fsp3) is 0.348. The monoisotopic (exact) mass is 675 g/mol. The molecule has 0 bridgehead atoms. The molecule has 3 unspecified atom stereocenters. The van der Waals surface area contributed by atoms with Gasteiger partial charge in [0.2, 0.25) is 0 Å². The van der Waals surface area contributed by atoms with Crippen LogP contribution in [0.1, 0.15) is 75.1 Å². The van der Waals surface area contributed by atoms with Crippen molar-refractivity contribution in [3.05, 3.63) is 139 Å². The highest BCUT2D eigenvalue weighted by atomic mass is 15.3. The molecule has 0 spiro atoms. The summed E-state index contributed by atoms with van der Waals surface area (Å²) in [5, 5.41) is 7.52. The Kier molecular flexibility index (Phi) is 10.5. The van der Waals surface area contributed by atoms with Gasteiger partial charge in [0.15, 0.2) is 0 Å². The zero-order chi connectivity index (χ0) is 34.4. The molecular formula is C46H53N5. The third kappa shape index (κ3) is 7.21. The van der Waals surface area contributed by atoms with Crippen LogP contribution in [0.3, 0.4) is 0 Å². The zero-order valence-electron chi connectivity index (χ0n) is 30.2. The van der Waals surface area contributed by atoms with Crippen LogP contribution in [0.25, 0.3) is 11.1 Å². The number of benzene rings is 5. The Morgan fingerprint density at radius 2 is 1.37 bits per heavy atom. The van der Waals surface area contributed by atoms with E-state index in [0.29, 0.717) is 18.1 Å². The minimum atomic E-state index is 0.322. The number of piperidine rings is 1. The average Bonchev–Trinajstić information content (AvgIpc) is 3.53. The van der Waals surface area contributed by atoms with Crippen molar-refractivity contribution in [2.75, 3.05) is 42.5 Å². The lowest BCUT2D eigenvalue weighted by atomic mass is 9.90. The van der Waals surface area contributed by atoms with E-state index in [1.807, 2.05) is 0 Å². The fourth-order valence-corrected chi connectivity index (χ4v) is 8.72. The number of nitrogens with one attached hydrogen (secondary N) is 2. The van der Waals surface area contributed by atoms with Crippen LogP contribution in [-0.4, -0.2) is 43.7 Å². The van der Waals surface area contributed by atoms with E-state index in [1.54, 1.807) is 0 Å². The van der Waals surface area contributed by atoms with Crippen molar-refractivity contribution in [2.45, 2.75) is 70.0 Å². The maximum absolute atomic E-state index is 3.81. The fourth-order valence-electron chi connectivity index (χ4n) is 8.72. The molecule has 3 heterocycles. The first-order valence-electron chi connectivity index (χ1n) is 19.5. The molecule has 5 aromatic rings. The van der Waals surface area contributed by atoms with E-state index in [-0.39, 0.29) is 0 Å². The molecule has 51 heavy (non-hydrogen) atoms. The number of hydrogen-bond acceptors (Lipinski definition) is 5. The van der Waals surface area contributed by atoms with E-state index in [2.05, 4.69) is 160 Å². The van der Waals surface area contributed by atoms with Crippen LogP contribution in [0.2, 0.25) is 0 Å². The van der Waals surface area contributed by atoms with Gasteiger partial charge in [-0.1, -0.05) is 105 Å². The van der Waals surface area contributed by atoms with Crippen molar-refractivity contribution < 1.29 is 0 Å². The first-order valence-corrected chi connectivity index (χ1v) is 19.5. The van der Waals surface area contributed by atoms with Crippen LogP contribution in [0.5, 0.6) is 0 Å².